The molecule has 0 saturated heterocycles. The van der Waals surface area contributed by atoms with Gasteiger partial charge in [0.2, 0.25) is 0 Å². The van der Waals surface area contributed by atoms with Gasteiger partial charge in [-0.1, -0.05) is 40.5 Å². The molecule has 0 aromatic heterocycles. The molecule has 3 rings (SSSR count). The fourth-order valence-electron chi connectivity index (χ4n) is 6.90. The fourth-order valence-corrected chi connectivity index (χ4v) is 6.90. The molecule has 1 heteroatoms. The molecule has 120 valence electrons. The second-order valence-electron chi connectivity index (χ2n) is 8.73. The smallest absolute Gasteiger partial charge is 0.139 e. The number of ketones is 1. The maximum atomic E-state index is 12.4. The summed E-state index contributed by atoms with van der Waals surface area (Å²) in [5, 5.41) is 0. The van der Waals surface area contributed by atoms with E-state index in [4.69, 9.17) is 0 Å². The molecule has 3 aliphatic rings. The number of carbonyl (C=O) groups is 1. The first-order valence-corrected chi connectivity index (χ1v) is 9.50. The van der Waals surface area contributed by atoms with E-state index in [1.54, 1.807) is 0 Å². The van der Waals surface area contributed by atoms with E-state index in [0.29, 0.717) is 17.1 Å². The van der Waals surface area contributed by atoms with Crippen LogP contribution in [-0.4, -0.2) is 5.78 Å². The number of carbonyl (C=O) groups excluding carboxylic acids is 1. The molecule has 0 heterocycles. The van der Waals surface area contributed by atoms with E-state index in [9.17, 15) is 4.79 Å². The molecule has 0 bridgehead atoms. The van der Waals surface area contributed by atoms with E-state index in [-0.39, 0.29) is 5.41 Å². The molecular formula is C20H34O. The highest BCUT2D eigenvalue weighted by atomic mass is 16.1. The second kappa shape index (κ2) is 5.39. The minimum Gasteiger partial charge on any atom is -0.299 e. The summed E-state index contributed by atoms with van der Waals surface area (Å²) < 4.78 is 0. The second-order valence-corrected chi connectivity index (χ2v) is 8.73. The summed E-state index contributed by atoms with van der Waals surface area (Å²) >= 11 is 0. The Hall–Kier alpha value is -0.330. The van der Waals surface area contributed by atoms with Gasteiger partial charge in [0.05, 0.1) is 0 Å². The summed E-state index contributed by atoms with van der Waals surface area (Å²) in [4.78, 5) is 12.4. The minimum atomic E-state index is 0.0490. The summed E-state index contributed by atoms with van der Waals surface area (Å²) in [6, 6.07) is 0. The van der Waals surface area contributed by atoms with Crippen LogP contribution in [0.5, 0.6) is 0 Å². The molecule has 21 heavy (non-hydrogen) atoms. The van der Waals surface area contributed by atoms with Gasteiger partial charge in [-0.15, -0.1) is 0 Å². The quantitative estimate of drug-likeness (QED) is 0.659. The lowest BCUT2D eigenvalue weighted by Crippen LogP contribution is -2.51. The van der Waals surface area contributed by atoms with E-state index in [2.05, 4.69) is 27.7 Å². The molecule has 0 radical (unpaired) electrons. The van der Waals surface area contributed by atoms with E-state index >= 15 is 0 Å². The van der Waals surface area contributed by atoms with E-state index in [1.165, 1.54) is 51.4 Å². The van der Waals surface area contributed by atoms with E-state index in [0.717, 1.165) is 24.2 Å². The first-order chi connectivity index (χ1) is 9.97. The zero-order valence-electron chi connectivity index (χ0n) is 14.6. The van der Waals surface area contributed by atoms with Crippen molar-refractivity contribution < 1.29 is 4.79 Å². The standard InChI is InChI=1S/C20H34O/c1-5-12-19(3)14(6-2)7-8-15-16-9-10-18(21)20(16,4)13-11-17(15)19/h14-17H,5-13H2,1-4H3. The molecule has 6 unspecified atom stereocenters. The lowest BCUT2D eigenvalue weighted by Gasteiger charge is -2.58. The van der Waals surface area contributed by atoms with Gasteiger partial charge in [0, 0.05) is 11.8 Å². The molecule has 0 aliphatic heterocycles. The van der Waals surface area contributed by atoms with Gasteiger partial charge >= 0.3 is 0 Å². The van der Waals surface area contributed by atoms with Gasteiger partial charge in [-0.25, -0.2) is 0 Å². The van der Waals surface area contributed by atoms with Crippen molar-refractivity contribution in [3.05, 3.63) is 0 Å². The largest absolute Gasteiger partial charge is 0.299 e. The molecule has 1 nitrogen and oxygen atoms in total. The molecule has 6 atom stereocenters. The van der Waals surface area contributed by atoms with Crippen LogP contribution in [0.4, 0.5) is 0 Å². The molecule has 0 spiro atoms. The zero-order chi connectivity index (χ0) is 15.3. The van der Waals surface area contributed by atoms with Crippen LogP contribution in [-0.2, 0) is 4.79 Å². The normalized spacial score (nSPS) is 49.8. The summed E-state index contributed by atoms with van der Waals surface area (Å²) in [6.07, 6.45) is 11.4. The summed E-state index contributed by atoms with van der Waals surface area (Å²) in [5.74, 6) is 3.94. The topological polar surface area (TPSA) is 17.1 Å². The van der Waals surface area contributed by atoms with Crippen molar-refractivity contribution in [3.63, 3.8) is 0 Å². The Labute approximate surface area is 131 Å². The minimum absolute atomic E-state index is 0.0490. The third-order valence-electron chi connectivity index (χ3n) is 8.06. The first-order valence-electron chi connectivity index (χ1n) is 9.50. The average molecular weight is 290 g/mol. The van der Waals surface area contributed by atoms with Gasteiger partial charge in [-0.2, -0.15) is 0 Å². The van der Waals surface area contributed by atoms with Gasteiger partial charge in [-0.3, -0.25) is 4.79 Å². The number of rotatable bonds is 3. The van der Waals surface area contributed by atoms with E-state index < -0.39 is 0 Å². The maximum Gasteiger partial charge on any atom is 0.139 e. The van der Waals surface area contributed by atoms with Crippen LogP contribution in [0.3, 0.4) is 0 Å². The van der Waals surface area contributed by atoms with Crippen LogP contribution in [0.25, 0.3) is 0 Å². The summed E-state index contributed by atoms with van der Waals surface area (Å²) in [6.45, 7) is 9.64. The van der Waals surface area contributed by atoms with Crippen molar-refractivity contribution in [2.24, 2.45) is 34.5 Å². The van der Waals surface area contributed by atoms with Crippen LogP contribution in [0.2, 0.25) is 0 Å². The zero-order valence-corrected chi connectivity index (χ0v) is 14.6. The predicted octanol–water partition coefficient (Wildman–Crippen LogP) is 5.62. The Kier molecular flexibility index (Phi) is 3.99. The Balaban J connectivity index is 1.90. The highest BCUT2D eigenvalue weighted by Gasteiger charge is 2.58. The molecular weight excluding hydrogens is 256 g/mol. The molecule has 0 aromatic carbocycles. The maximum absolute atomic E-state index is 12.4. The van der Waals surface area contributed by atoms with Crippen LogP contribution in [0.1, 0.15) is 85.5 Å². The van der Waals surface area contributed by atoms with Crippen molar-refractivity contribution in [2.45, 2.75) is 85.5 Å². The predicted molar refractivity (Wildman–Crippen MR) is 88.1 cm³/mol. The molecule has 3 aliphatic carbocycles. The number of hydrogen-bond acceptors (Lipinski definition) is 1. The van der Waals surface area contributed by atoms with Gasteiger partial charge in [0.15, 0.2) is 0 Å². The highest BCUT2D eigenvalue weighted by molar-refractivity contribution is 5.87. The third-order valence-corrected chi connectivity index (χ3v) is 8.06. The fraction of sp³-hybridized carbons (Fsp3) is 0.950. The van der Waals surface area contributed by atoms with Crippen LogP contribution >= 0.6 is 0 Å². The van der Waals surface area contributed by atoms with Gasteiger partial charge < -0.3 is 0 Å². The monoisotopic (exact) mass is 290 g/mol. The average Bonchev–Trinajstić information content (AvgIpc) is 2.76. The van der Waals surface area contributed by atoms with Crippen molar-refractivity contribution >= 4 is 5.78 Å². The number of Topliss-reactive ketones (excluding diaryl/α,β-unsaturated/α-hetero) is 1. The Morgan fingerprint density at radius 1 is 1.05 bits per heavy atom. The molecule has 0 N–H and O–H groups in total. The highest BCUT2D eigenvalue weighted by Crippen LogP contribution is 2.64. The number of fused-ring (bicyclic) bond motifs is 3. The third kappa shape index (κ3) is 2.13. The Bertz CT molecular complexity index is 414. The Morgan fingerprint density at radius 3 is 2.48 bits per heavy atom. The van der Waals surface area contributed by atoms with Crippen LogP contribution < -0.4 is 0 Å². The molecule has 3 saturated carbocycles. The van der Waals surface area contributed by atoms with Crippen LogP contribution in [0, 0.1) is 34.5 Å². The lowest BCUT2D eigenvalue weighted by atomic mass is 9.46. The molecule has 0 aromatic rings. The SMILES string of the molecule is CCCC1(C)C(CC)CCC2C3CCC(=O)C3(C)CCC21. The van der Waals surface area contributed by atoms with Crippen LogP contribution in [0.15, 0.2) is 0 Å². The van der Waals surface area contributed by atoms with Gasteiger partial charge in [-0.05, 0) is 67.6 Å². The van der Waals surface area contributed by atoms with Crippen molar-refractivity contribution in [1.82, 2.24) is 0 Å². The number of hydrogen-bond donors (Lipinski definition) is 0. The van der Waals surface area contributed by atoms with E-state index in [1.807, 2.05) is 0 Å². The molecule has 3 fully saturated rings. The van der Waals surface area contributed by atoms with Gasteiger partial charge in [0.1, 0.15) is 5.78 Å². The first kappa shape index (κ1) is 15.6. The van der Waals surface area contributed by atoms with Crippen molar-refractivity contribution in [2.75, 3.05) is 0 Å². The van der Waals surface area contributed by atoms with Crippen molar-refractivity contribution in [1.29, 1.82) is 0 Å². The molecule has 0 amide bonds. The summed E-state index contributed by atoms with van der Waals surface area (Å²) in [5.41, 5.74) is 0.590. The summed E-state index contributed by atoms with van der Waals surface area (Å²) in [7, 11) is 0. The van der Waals surface area contributed by atoms with Crippen molar-refractivity contribution in [3.8, 4) is 0 Å². The Morgan fingerprint density at radius 2 is 1.81 bits per heavy atom. The lowest BCUT2D eigenvalue weighted by molar-refractivity contribution is -0.136. The van der Waals surface area contributed by atoms with Gasteiger partial charge in [0.25, 0.3) is 0 Å².